The molecule has 0 spiro atoms. The molecule has 0 aromatic rings. The van der Waals surface area contributed by atoms with Gasteiger partial charge in [0.25, 0.3) is 0 Å². The number of halogens is 4. The average molecular weight is 297 g/mol. The zero-order valence-corrected chi connectivity index (χ0v) is 10.9. The fourth-order valence-corrected chi connectivity index (χ4v) is 0.998. The maximum absolute atomic E-state index is 9.69. The van der Waals surface area contributed by atoms with E-state index in [9.17, 15) is 4.79 Å². The van der Waals surface area contributed by atoms with E-state index in [1.54, 1.807) is 0 Å². The van der Waals surface area contributed by atoms with Crippen molar-refractivity contribution >= 4 is 52.8 Å². The van der Waals surface area contributed by atoms with Crippen LogP contribution in [0.25, 0.3) is 0 Å². The molecule has 0 bridgehead atoms. The Morgan fingerprint density at radius 2 is 1.53 bits per heavy atom. The van der Waals surface area contributed by atoms with Gasteiger partial charge in [-0.2, -0.15) is 0 Å². The van der Waals surface area contributed by atoms with Crippen molar-refractivity contribution in [2.75, 3.05) is 26.2 Å². The van der Waals surface area contributed by atoms with E-state index < -0.39 is 9.29 Å². The van der Waals surface area contributed by atoms with Gasteiger partial charge in [-0.1, -0.05) is 46.4 Å². The number of carbonyl (C=O) groups is 1. The Kier molecular flexibility index (Phi) is 8.99. The fourth-order valence-electron chi connectivity index (χ4n) is 0.758. The van der Waals surface area contributed by atoms with Gasteiger partial charge in [-0.25, -0.2) is 0 Å². The van der Waals surface area contributed by atoms with Gasteiger partial charge < -0.3 is 16.0 Å². The molecule has 0 aromatic carbocycles. The van der Waals surface area contributed by atoms with Crippen LogP contribution in [0.2, 0.25) is 0 Å². The largest absolute Gasteiger partial charge is 0.339 e. The minimum Gasteiger partial charge on any atom is -0.339 e. The Balaban J connectivity index is 0.000000280. The van der Waals surface area contributed by atoms with E-state index in [2.05, 4.69) is 16.0 Å². The normalized spacial score (nSPS) is 18.4. The van der Waals surface area contributed by atoms with Gasteiger partial charge in [0.15, 0.2) is 5.50 Å². The second-order valence-corrected chi connectivity index (χ2v) is 5.49. The van der Waals surface area contributed by atoms with Crippen molar-refractivity contribution in [3.05, 3.63) is 0 Å². The zero-order valence-electron chi connectivity index (χ0n) is 7.90. The van der Waals surface area contributed by atoms with Crippen molar-refractivity contribution < 1.29 is 4.79 Å². The summed E-state index contributed by atoms with van der Waals surface area (Å²) >= 11 is 21.0. The smallest absolute Gasteiger partial charge is 0.224 e. The van der Waals surface area contributed by atoms with Crippen molar-refractivity contribution in [3.63, 3.8) is 0 Å². The molecular formula is C7H13Cl4N3O. The SMILES string of the molecule is C1CNCCN1.O=CNC(Cl)C(Cl)(Cl)Cl. The van der Waals surface area contributed by atoms with E-state index in [4.69, 9.17) is 46.4 Å². The van der Waals surface area contributed by atoms with E-state index >= 15 is 0 Å². The second kappa shape index (κ2) is 8.67. The van der Waals surface area contributed by atoms with Gasteiger partial charge in [0, 0.05) is 26.2 Å². The quantitative estimate of drug-likeness (QED) is 0.402. The lowest BCUT2D eigenvalue weighted by atomic mass is 10.4. The number of amides is 1. The summed E-state index contributed by atoms with van der Waals surface area (Å²) in [6.45, 7) is 4.56. The number of carbonyl (C=O) groups excluding carboxylic acids is 1. The molecule has 1 saturated heterocycles. The zero-order chi connectivity index (χ0) is 11.7. The summed E-state index contributed by atoms with van der Waals surface area (Å²) in [5.74, 6) is 0. The number of hydrogen-bond acceptors (Lipinski definition) is 3. The summed E-state index contributed by atoms with van der Waals surface area (Å²) in [6.07, 6.45) is 0.361. The fraction of sp³-hybridized carbons (Fsp3) is 0.857. The lowest BCUT2D eigenvalue weighted by Gasteiger charge is -2.15. The van der Waals surface area contributed by atoms with Gasteiger partial charge in [0.05, 0.1) is 0 Å². The van der Waals surface area contributed by atoms with Gasteiger partial charge in [-0.05, 0) is 0 Å². The van der Waals surface area contributed by atoms with Crippen LogP contribution in [0.5, 0.6) is 0 Å². The van der Waals surface area contributed by atoms with Crippen LogP contribution in [0, 0.1) is 0 Å². The Bertz CT molecular complexity index is 161. The summed E-state index contributed by atoms with van der Waals surface area (Å²) in [5.41, 5.74) is -0.986. The van der Waals surface area contributed by atoms with E-state index in [1.807, 2.05) is 0 Å². The first-order chi connectivity index (χ1) is 6.98. The summed E-state index contributed by atoms with van der Waals surface area (Å²) in [5, 5.41) is 8.52. The molecular weight excluding hydrogens is 284 g/mol. The molecule has 0 saturated carbocycles. The number of piperazine rings is 1. The number of nitrogens with one attached hydrogen (secondary N) is 3. The molecule has 15 heavy (non-hydrogen) atoms. The van der Waals surface area contributed by atoms with Crippen LogP contribution >= 0.6 is 46.4 Å². The van der Waals surface area contributed by atoms with Crippen molar-refractivity contribution in [1.29, 1.82) is 0 Å². The van der Waals surface area contributed by atoms with Gasteiger partial charge in [-0.3, -0.25) is 4.79 Å². The first-order valence-corrected chi connectivity index (χ1v) is 5.87. The van der Waals surface area contributed by atoms with E-state index in [0.717, 1.165) is 26.2 Å². The maximum Gasteiger partial charge on any atom is 0.224 e. The molecule has 8 heteroatoms. The van der Waals surface area contributed by atoms with Crippen molar-refractivity contribution in [2.24, 2.45) is 0 Å². The highest BCUT2D eigenvalue weighted by Crippen LogP contribution is 2.31. The topological polar surface area (TPSA) is 53.2 Å². The van der Waals surface area contributed by atoms with E-state index in [0.29, 0.717) is 6.41 Å². The van der Waals surface area contributed by atoms with Crippen LogP contribution in [-0.4, -0.2) is 41.9 Å². The second-order valence-electron chi connectivity index (χ2n) is 2.69. The maximum atomic E-state index is 9.69. The van der Waals surface area contributed by atoms with Gasteiger partial charge in [-0.15, -0.1) is 0 Å². The van der Waals surface area contributed by atoms with Crippen LogP contribution in [0.4, 0.5) is 0 Å². The summed E-state index contributed by atoms with van der Waals surface area (Å²) in [6, 6.07) is 0. The highest BCUT2D eigenvalue weighted by atomic mass is 35.6. The molecule has 1 amide bonds. The molecule has 1 fully saturated rings. The lowest BCUT2D eigenvalue weighted by molar-refractivity contribution is -0.109. The number of rotatable bonds is 2. The Hall–Kier alpha value is 0.550. The van der Waals surface area contributed by atoms with Gasteiger partial charge in [0.2, 0.25) is 10.2 Å². The molecule has 1 unspecified atom stereocenters. The Labute approximate surface area is 109 Å². The first kappa shape index (κ1) is 15.6. The molecule has 0 aromatic heterocycles. The average Bonchev–Trinajstić information content (AvgIpc) is 2.20. The first-order valence-electron chi connectivity index (χ1n) is 4.30. The molecule has 1 atom stereocenters. The van der Waals surface area contributed by atoms with Crippen LogP contribution in [-0.2, 0) is 4.79 Å². The third-order valence-corrected chi connectivity index (χ3v) is 2.90. The van der Waals surface area contributed by atoms with Crippen LogP contribution in [0.15, 0.2) is 0 Å². The predicted molar refractivity (Wildman–Crippen MR) is 64.9 cm³/mol. The Morgan fingerprint density at radius 3 is 1.67 bits per heavy atom. The molecule has 1 heterocycles. The van der Waals surface area contributed by atoms with Crippen molar-refractivity contribution in [3.8, 4) is 0 Å². The molecule has 0 aliphatic carbocycles. The van der Waals surface area contributed by atoms with Crippen molar-refractivity contribution in [1.82, 2.24) is 16.0 Å². The standard InChI is InChI=1S/C4H10N2.C3H3Cl4NO/c1-2-6-4-3-5-1;4-2(8-1-9)3(5,6)7/h5-6H,1-4H2;1-2H,(H,8,9). The van der Waals surface area contributed by atoms with E-state index in [1.165, 1.54) is 0 Å². The minimum absolute atomic E-state index is 0.361. The molecule has 1 aliphatic heterocycles. The minimum atomic E-state index is -1.65. The number of hydrogen-bond donors (Lipinski definition) is 3. The van der Waals surface area contributed by atoms with E-state index in [-0.39, 0.29) is 0 Å². The molecule has 0 radical (unpaired) electrons. The highest BCUT2D eigenvalue weighted by molar-refractivity contribution is 6.70. The summed E-state index contributed by atoms with van der Waals surface area (Å²) < 4.78 is -1.65. The molecule has 90 valence electrons. The molecule has 1 aliphatic rings. The monoisotopic (exact) mass is 295 g/mol. The third-order valence-electron chi connectivity index (χ3n) is 1.46. The van der Waals surface area contributed by atoms with Gasteiger partial charge in [0.1, 0.15) is 0 Å². The molecule has 4 nitrogen and oxygen atoms in total. The third kappa shape index (κ3) is 9.48. The number of alkyl halides is 4. The molecule has 3 N–H and O–H groups in total. The highest BCUT2D eigenvalue weighted by Gasteiger charge is 2.30. The predicted octanol–water partition coefficient (Wildman–Crippen LogP) is 0.847. The van der Waals surface area contributed by atoms with Crippen LogP contribution < -0.4 is 16.0 Å². The molecule has 1 rings (SSSR count). The summed E-state index contributed by atoms with van der Waals surface area (Å²) in [7, 11) is 0. The Morgan fingerprint density at radius 1 is 1.13 bits per heavy atom. The lowest BCUT2D eigenvalue weighted by Crippen LogP contribution is -2.39. The summed E-state index contributed by atoms with van der Waals surface area (Å²) in [4.78, 5) is 9.69. The van der Waals surface area contributed by atoms with Crippen molar-refractivity contribution in [2.45, 2.75) is 9.29 Å². The van der Waals surface area contributed by atoms with Gasteiger partial charge >= 0.3 is 0 Å². The van der Waals surface area contributed by atoms with Crippen LogP contribution in [0.1, 0.15) is 0 Å². The van der Waals surface area contributed by atoms with Crippen LogP contribution in [0.3, 0.4) is 0 Å².